The van der Waals surface area contributed by atoms with Crippen LogP contribution in [0.25, 0.3) is 0 Å². The topological polar surface area (TPSA) is 105 Å². The van der Waals surface area contributed by atoms with Crippen molar-refractivity contribution in [3.8, 4) is 0 Å². The van der Waals surface area contributed by atoms with Gasteiger partial charge in [0.1, 0.15) is 13.2 Å². The van der Waals surface area contributed by atoms with Crippen LogP contribution < -0.4 is 5.32 Å². The number of quaternary nitrogens is 1. The maximum atomic E-state index is 12.9. The van der Waals surface area contributed by atoms with Crippen LogP contribution in [-0.2, 0) is 18.4 Å². The molecule has 0 aliphatic rings. The molecule has 0 aliphatic heterocycles. The molecule has 0 fully saturated rings. The molecule has 3 N–H and O–H groups in total. The van der Waals surface area contributed by atoms with Gasteiger partial charge in [-0.15, -0.1) is 0 Å². The van der Waals surface area contributed by atoms with Crippen LogP contribution in [-0.4, -0.2) is 73.4 Å². The number of rotatable bonds is 47. The zero-order valence-corrected chi connectivity index (χ0v) is 41.8. The fourth-order valence-corrected chi connectivity index (χ4v) is 8.20. The van der Waals surface area contributed by atoms with Crippen LogP contribution >= 0.6 is 7.82 Å². The van der Waals surface area contributed by atoms with Crippen molar-refractivity contribution >= 4 is 13.7 Å². The number of allylic oxidation sites excluding steroid dienone is 5. The minimum absolute atomic E-state index is 0.0556. The molecular formula is C52H102N2O6P+. The molecule has 0 heterocycles. The van der Waals surface area contributed by atoms with Gasteiger partial charge in [-0.05, 0) is 57.8 Å². The largest absolute Gasteiger partial charge is 0.472 e. The number of unbranched alkanes of at least 4 members (excludes halogenated alkanes) is 30. The highest BCUT2D eigenvalue weighted by molar-refractivity contribution is 7.47. The summed E-state index contributed by atoms with van der Waals surface area (Å²) in [5, 5.41) is 13.9. The highest BCUT2D eigenvalue weighted by Gasteiger charge is 2.27. The van der Waals surface area contributed by atoms with E-state index < -0.39 is 20.0 Å². The monoisotopic (exact) mass is 882 g/mol. The van der Waals surface area contributed by atoms with E-state index in [9.17, 15) is 19.4 Å². The molecule has 3 atom stereocenters. The molecule has 0 spiro atoms. The number of hydrogen-bond acceptors (Lipinski definition) is 5. The van der Waals surface area contributed by atoms with E-state index in [2.05, 4.69) is 43.5 Å². The van der Waals surface area contributed by atoms with Crippen molar-refractivity contribution < 1.29 is 32.9 Å². The number of aliphatic hydroxyl groups excluding tert-OH is 1. The highest BCUT2D eigenvalue weighted by Crippen LogP contribution is 2.43. The van der Waals surface area contributed by atoms with E-state index in [4.69, 9.17) is 9.05 Å². The Kier molecular flexibility index (Phi) is 43.0. The molecule has 0 aromatic rings. The smallest absolute Gasteiger partial charge is 0.387 e. The summed E-state index contributed by atoms with van der Waals surface area (Å²) < 4.78 is 23.6. The summed E-state index contributed by atoms with van der Waals surface area (Å²) in [6, 6.07) is -0.864. The van der Waals surface area contributed by atoms with Gasteiger partial charge >= 0.3 is 7.82 Å². The van der Waals surface area contributed by atoms with Gasteiger partial charge in [0.25, 0.3) is 0 Å². The van der Waals surface area contributed by atoms with E-state index in [0.29, 0.717) is 17.4 Å². The number of carbonyl (C=O) groups excluding carboxylic acids is 1. The number of aliphatic hydroxyl groups is 1. The van der Waals surface area contributed by atoms with Crippen molar-refractivity contribution in [1.29, 1.82) is 0 Å². The molecule has 0 aliphatic carbocycles. The van der Waals surface area contributed by atoms with Crippen LogP contribution in [0.3, 0.4) is 0 Å². The van der Waals surface area contributed by atoms with Crippen molar-refractivity contribution in [3.63, 3.8) is 0 Å². The van der Waals surface area contributed by atoms with Gasteiger partial charge < -0.3 is 19.8 Å². The third-order valence-electron chi connectivity index (χ3n) is 11.6. The molecule has 1 amide bonds. The Hall–Kier alpha value is -1.28. The summed E-state index contributed by atoms with van der Waals surface area (Å²) in [5.74, 6) is -0.190. The van der Waals surface area contributed by atoms with Crippen molar-refractivity contribution in [2.45, 2.75) is 251 Å². The SMILES string of the molecule is CCCCCCCCCCCC/C=C/CC/C=C/C(O)C(COP(=O)(O)OCC[N+](C)(C)C)NC(=O)CCCCCCCCC/C=C\CCCCCCCCCCCCCC. The van der Waals surface area contributed by atoms with Gasteiger partial charge in [0, 0.05) is 6.42 Å². The summed E-state index contributed by atoms with van der Waals surface area (Å²) in [6.45, 7) is 4.81. The maximum Gasteiger partial charge on any atom is 0.472 e. The molecule has 0 aromatic carbocycles. The van der Waals surface area contributed by atoms with Gasteiger partial charge in [-0.25, -0.2) is 4.57 Å². The van der Waals surface area contributed by atoms with Crippen LogP contribution in [0.5, 0.6) is 0 Å². The molecule has 0 bridgehead atoms. The second kappa shape index (κ2) is 43.9. The van der Waals surface area contributed by atoms with E-state index in [-0.39, 0.29) is 19.1 Å². The Balaban J connectivity index is 4.31. The molecule has 360 valence electrons. The van der Waals surface area contributed by atoms with E-state index in [0.717, 1.165) is 38.5 Å². The van der Waals surface area contributed by atoms with Crippen molar-refractivity contribution in [2.75, 3.05) is 40.9 Å². The first-order chi connectivity index (χ1) is 29.5. The van der Waals surface area contributed by atoms with Crippen molar-refractivity contribution in [2.24, 2.45) is 0 Å². The Morgan fingerprint density at radius 1 is 0.541 bits per heavy atom. The summed E-state index contributed by atoms with van der Waals surface area (Å²) in [7, 11) is 1.55. The van der Waals surface area contributed by atoms with Crippen LogP contribution in [0.1, 0.15) is 239 Å². The van der Waals surface area contributed by atoms with Gasteiger partial charge in [-0.1, -0.05) is 211 Å². The second-order valence-corrected chi connectivity index (χ2v) is 20.3. The summed E-state index contributed by atoms with van der Waals surface area (Å²) in [6.07, 6.45) is 55.2. The summed E-state index contributed by atoms with van der Waals surface area (Å²) in [5.41, 5.74) is 0. The molecule has 61 heavy (non-hydrogen) atoms. The van der Waals surface area contributed by atoms with Crippen molar-refractivity contribution in [3.05, 3.63) is 36.5 Å². The quantitative estimate of drug-likeness (QED) is 0.0243. The van der Waals surface area contributed by atoms with Crippen LogP contribution in [0.15, 0.2) is 36.5 Å². The first-order valence-electron chi connectivity index (χ1n) is 25.9. The molecule has 0 rings (SSSR count). The molecule has 9 heteroatoms. The summed E-state index contributed by atoms with van der Waals surface area (Å²) in [4.78, 5) is 23.2. The Labute approximate surface area is 378 Å². The molecule has 8 nitrogen and oxygen atoms in total. The molecule has 0 radical (unpaired) electrons. The first-order valence-corrected chi connectivity index (χ1v) is 27.4. The fourth-order valence-electron chi connectivity index (χ4n) is 7.46. The lowest BCUT2D eigenvalue weighted by atomic mass is 10.0. The number of likely N-dealkylation sites (N-methyl/N-ethyl adjacent to an activating group) is 1. The average Bonchev–Trinajstić information content (AvgIpc) is 3.21. The Bertz CT molecular complexity index is 1090. The standard InChI is InChI=1S/C52H101N2O6P/c1-6-8-10-12-14-16-18-20-22-24-25-26-27-28-29-30-32-34-36-38-40-42-44-46-52(56)53-50(49-60-61(57,58)59-48-47-54(3,4)5)51(55)45-43-41-39-37-35-33-31-23-21-19-17-15-13-11-9-7-2/h28-29,35,37,43,45,50-51,55H,6-27,30-34,36,38-42,44,46-49H2,1-5H3,(H-,53,56,57,58)/p+1/b29-28-,37-35+,45-43+. The van der Waals surface area contributed by atoms with E-state index in [1.54, 1.807) is 6.08 Å². The van der Waals surface area contributed by atoms with E-state index in [1.165, 1.54) is 180 Å². The minimum Gasteiger partial charge on any atom is -0.387 e. The predicted octanol–water partition coefficient (Wildman–Crippen LogP) is 15.0. The van der Waals surface area contributed by atoms with Gasteiger partial charge in [0.05, 0.1) is 39.9 Å². The molecule has 0 saturated carbocycles. The molecule has 3 unspecified atom stereocenters. The zero-order chi connectivity index (χ0) is 45.0. The number of carbonyl (C=O) groups is 1. The Morgan fingerprint density at radius 2 is 0.902 bits per heavy atom. The molecule has 0 saturated heterocycles. The normalized spacial score (nSPS) is 14.4. The third-order valence-corrected chi connectivity index (χ3v) is 12.6. The lowest BCUT2D eigenvalue weighted by Crippen LogP contribution is -2.45. The number of nitrogens with zero attached hydrogens (tertiary/aromatic N) is 1. The van der Waals surface area contributed by atoms with Crippen LogP contribution in [0, 0.1) is 0 Å². The van der Waals surface area contributed by atoms with E-state index in [1.807, 2.05) is 27.2 Å². The highest BCUT2D eigenvalue weighted by atomic mass is 31.2. The number of phosphoric acid groups is 1. The number of amides is 1. The average molecular weight is 882 g/mol. The lowest BCUT2D eigenvalue weighted by molar-refractivity contribution is -0.870. The second-order valence-electron chi connectivity index (χ2n) is 18.9. The number of nitrogens with one attached hydrogen (secondary N) is 1. The number of phosphoric ester groups is 1. The molecule has 0 aromatic heterocycles. The van der Waals surface area contributed by atoms with Gasteiger partial charge in [0.15, 0.2) is 0 Å². The predicted molar refractivity (Wildman–Crippen MR) is 263 cm³/mol. The third kappa shape index (κ3) is 46.5. The Morgan fingerprint density at radius 3 is 1.31 bits per heavy atom. The molecular weight excluding hydrogens is 780 g/mol. The first kappa shape index (κ1) is 59.7. The van der Waals surface area contributed by atoms with Gasteiger partial charge in [-0.3, -0.25) is 13.8 Å². The summed E-state index contributed by atoms with van der Waals surface area (Å²) >= 11 is 0. The minimum atomic E-state index is -4.35. The van der Waals surface area contributed by atoms with Crippen molar-refractivity contribution in [1.82, 2.24) is 5.32 Å². The van der Waals surface area contributed by atoms with Gasteiger partial charge in [0.2, 0.25) is 5.91 Å². The van der Waals surface area contributed by atoms with Gasteiger partial charge in [-0.2, -0.15) is 0 Å². The zero-order valence-electron chi connectivity index (χ0n) is 40.9. The van der Waals surface area contributed by atoms with Crippen LogP contribution in [0.2, 0.25) is 0 Å². The van der Waals surface area contributed by atoms with E-state index >= 15 is 0 Å². The van der Waals surface area contributed by atoms with Crippen LogP contribution in [0.4, 0.5) is 0 Å². The fraction of sp³-hybridized carbons (Fsp3) is 0.865. The number of hydrogen-bond donors (Lipinski definition) is 3. The lowest BCUT2D eigenvalue weighted by Gasteiger charge is -2.25. The maximum absolute atomic E-state index is 12.9.